The summed E-state index contributed by atoms with van der Waals surface area (Å²) < 4.78 is 3.83. The Morgan fingerprint density at radius 1 is 1.06 bits per heavy atom. The first-order chi connectivity index (χ1) is 15.0. The number of hydrogen-bond donors (Lipinski definition) is 1. The van der Waals surface area contributed by atoms with Crippen LogP contribution < -0.4 is 5.32 Å². The van der Waals surface area contributed by atoms with Gasteiger partial charge in [-0.15, -0.1) is 5.10 Å². The molecule has 2 amide bonds. The number of carbonyl (C=O) groups is 2. The zero-order chi connectivity index (χ0) is 21.8. The first kappa shape index (κ1) is 21.2. The second kappa shape index (κ2) is 9.39. The Balaban J connectivity index is 1.65. The summed E-state index contributed by atoms with van der Waals surface area (Å²) in [6.07, 6.45) is 1.77. The molecular weight excluding hydrogens is 408 g/mol. The third kappa shape index (κ3) is 4.99. The Hall–Kier alpha value is -3.06. The van der Waals surface area contributed by atoms with Gasteiger partial charge in [0.15, 0.2) is 5.69 Å². The van der Waals surface area contributed by atoms with E-state index in [9.17, 15) is 9.59 Å². The fraction of sp³-hybridized carbons (Fsp3) is 0.333. The van der Waals surface area contributed by atoms with Crippen LogP contribution in [0.1, 0.15) is 65.8 Å². The summed E-state index contributed by atoms with van der Waals surface area (Å²) >= 11 is 1.14. The second-order valence-electron chi connectivity index (χ2n) is 8.16. The molecule has 2 aromatic carbocycles. The number of rotatable bonds is 8. The lowest BCUT2D eigenvalue weighted by molar-refractivity contribution is -0.126. The van der Waals surface area contributed by atoms with Crippen LogP contribution in [0.15, 0.2) is 60.0 Å². The van der Waals surface area contributed by atoms with Crippen molar-refractivity contribution in [1.82, 2.24) is 19.8 Å². The van der Waals surface area contributed by atoms with Crippen molar-refractivity contribution in [2.45, 2.75) is 51.2 Å². The third-order valence-corrected chi connectivity index (χ3v) is 6.01. The molecule has 6 nitrogen and oxygen atoms in total. The lowest BCUT2D eigenvalue weighted by Gasteiger charge is -2.31. The molecule has 0 unspecified atom stereocenters. The van der Waals surface area contributed by atoms with Crippen LogP contribution in [0, 0.1) is 0 Å². The van der Waals surface area contributed by atoms with Crippen molar-refractivity contribution >= 4 is 23.3 Å². The van der Waals surface area contributed by atoms with Crippen molar-refractivity contribution in [3.63, 3.8) is 0 Å². The maximum absolute atomic E-state index is 13.4. The van der Waals surface area contributed by atoms with E-state index in [1.807, 2.05) is 54.6 Å². The highest BCUT2D eigenvalue weighted by Gasteiger charge is 2.42. The molecule has 0 spiro atoms. The minimum absolute atomic E-state index is 0.0338. The normalized spacial score (nSPS) is 14.3. The molecule has 4 rings (SSSR count). The fourth-order valence-electron chi connectivity index (χ4n) is 3.62. The Kier molecular flexibility index (Phi) is 6.42. The van der Waals surface area contributed by atoms with Crippen LogP contribution in [-0.4, -0.2) is 32.3 Å². The van der Waals surface area contributed by atoms with Gasteiger partial charge in [0.1, 0.15) is 6.04 Å². The summed E-state index contributed by atoms with van der Waals surface area (Å²) in [5, 5.41) is 8.63. The predicted molar refractivity (Wildman–Crippen MR) is 121 cm³/mol. The van der Waals surface area contributed by atoms with Crippen molar-refractivity contribution in [2.75, 3.05) is 0 Å². The van der Waals surface area contributed by atoms with Gasteiger partial charge in [0.05, 0.1) is 0 Å². The summed E-state index contributed by atoms with van der Waals surface area (Å²) in [7, 11) is 0. The standard InChI is InChI=1S/C24H26N4O2S/c1-16(2)18-8-10-19(11-9-18)22(23(29)25-14-17-6-4-3-5-7-17)28(20-12-13-20)24(30)21-15-31-27-26-21/h3-11,15-16,20,22H,12-14H2,1-2H3,(H,25,29)/t22-/m0/s1. The van der Waals surface area contributed by atoms with Gasteiger partial charge in [-0.3, -0.25) is 9.59 Å². The Morgan fingerprint density at radius 3 is 2.32 bits per heavy atom. The van der Waals surface area contributed by atoms with E-state index < -0.39 is 6.04 Å². The zero-order valence-electron chi connectivity index (χ0n) is 17.7. The number of carbonyl (C=O) groups excluding carboxylic acids is 2. The van der Waals surface area contributed by atoms with Gasteiger partial charge in [-0.05, 0) is 47.0 Å². The lowest BCUT2D eigenvalue weighted by atomic mass is 9.97. The van der Waals surface area contributed by atoms with Crippen molar-refractivity contribution in [3.05, 3.63) is 82.4 Å². The van der Waals surface area contributed by atoms with E-state index in [1.165, 1.54) is 5.56 Å². The van der Waals surface area contributed by atoms with Gasteiger partial charge >= 0.3 is 0 Å². The SMILES string of the molecule is CC(C)c1ccc([C@@H](C(=O)NCc2ccccc2)N(C(=O)c2csnn2)C2CC2)cc1. The zero-order valence-corrected chi connectivity index (χ0v) is 18.5. The van der Waals surface area contributed by atoms with Gasteiger partial charge in [-0.25, -0.2) is 0 Å². The van der Waals surface area contributed by atoms with E-state index in [0.717, 1.165) is 35.5 Å². The molecule has 1 saturated carbocycles. The molecule has 3 aromatic rings. The van der Waals surface area contributed by atoms with Gasteiger partial charge < -0.3 is 10.2 Å². The highest BCUT2D eigenvalue weighted by atomic mass is 32.1. The molecule has 31 heavy (non-hydrogen) atoms. The Bertz CT molecular complexity index is 1020. The average molecular weight is 435 g/mol. The molecule has 0 radical (unpaired) electrons. The van der Waals surface area contributed by atoms with E-state index in [4.69, 9.17) is 0 Å². The van der Waals surface area contributed by atoms with Gasteiger partial charge in [-0.2, -0.15) is 0 Å². The molecule has 1 fully saturated rings. The molecule has 0 bridgehead atoms. The summed E-state index contributed by atoms with van der Waals surface area (Å²) in [5.41, 5.74) is 3.30. The van der Waals surface area contributed by atoms with Crippen molar-refractivity contribution < 1.29 is 9.59 Å². The first-order valence-electron chi connectivity index (χ1n) is 10.6. The largest absolute Gasteiger partial charge is 0.350 e. The average Bonchev–Trinajstić information content (AvgIpc) is 3.47. The van der Waals surface area contributed by atoms with E-state index in [2.05, 4.69) is 28.8 Å². The maximum Gasteiger partial charge on any atom is 0.276 e. The minimum Gasteiger partial charge on any atom is -0.350 e. The summed E-state index contributed by atoms with van der Waals surface area (Å²) in [6, 6.07) is 17.1. The molecule has 1 atom stereocenters. The monoisotopic (exact) mass is 434 g/mol. The van der Waals surface area contributed by atoms with Crippen LogP contribution in [-0.2, 0) is 11.3 Å². The molecular formula is C24H26N4O2S. The van der Waals surface area contributed by atoms with Gasteiger partial charge in [0.2, 0.25) is 5.91 Å². The van der Waals surface area contributed by atoms with Gasteiger partial charge in [0.25, 0.3) is 5.91 Å². The van der Waals surface area contributed by atoms with Crippen molar-refractivity contribution in [1.29, 1.82) is 0 Å². The molecule has 7 heteroatoms. The Morgan fingerprint density at radius 2 is 1.74 bits per heavy atom. The minimum atomic E-state index is -0.716. The van der Waals surface area contributed by atoms with Crippen LogP contribution in [0.25, 0.3) is 0 Å². The number of nitrogens with zero attached hydrogens (tertiary/aromatic N) is 3. The molecule has 1 aliphatic rings. The Labute approximate surface area is 186 Å². The highest BCUT2D eigenvalue weighted by molar-refractivity contribution is 7.03. The van der Waals surface area contributed by atoms with E-state index in [1.54, 1.807) is 10.3 Å². The van der Waals surface area contributed by atoms with Crippen LogP contribution >= 0.6 is 11.5 Å². The van der Waals surface area contributed by atoms with Gasteiger partial charge in [-0.1, -0.05) is 72.9 Å². The maximum atomic E-state index is 13.4. The van der Waals surface area contributed by atoms with Crippen LogP contribution in [0.2, 0.25) is 0 Å². The fourth-order valence-corrected chi connectivity index (χ4v) is 4.05. The number of amides is 2. The smallest absolute Gasteiger partial charge is 0.276 e. The highest BCUT2D eigenvalue weighted by Crippen LogP contribution is 2.36. The second-order valence-corrected chi connectivity index (χ2v) is 8.77. The number of benzene rings is 2. The molecule has 0 saturated heterocycles. The number of hydrogen-bond acceptors (Lipinski definition) is 5. The third-order valence-electron chi connectivity index (χ3n) is 5.51. The molecule has 1 N–H and O–H groups in total. The molecule has 1 aromatic heterocycles. The van der Waals surface area contributed by atoms with E-state index in [-0.39, 0.29) is 23.6 Å². The molecule has 1 aliphatic carbocycles. The topological polar surface area (TPSA) is 75.2 Å². The lowest BCUT2D eigenvalue weighted by Crippen LogP contribution is -2.45. The van der Waals surface area contributed by atoms with Crippen LogP contribution in [0.3, 0.4) is 0 Å². The summed E-state index contributed by atoms with van der Waals surface area (Å²) in [6.45, 7) is 4.67. The first-order valence-corrected chi connectivity index (χ1v) is 11.4. The van der Waals surface area contributed by atoms with Crippen molar-refractivity contribution in [3.8, 4) is 0 Å². The van der Waals surface area contributed by atoms with Crippen molar-refractivity contribution in [2.24, 2.45) is 0 Å². The van der Waals surface area contributed by atoms with Gasteiger partial charge in [0, 0.05) is 18.0 Å². The van der Waals surface area contributed by atoms with Crippen LogP contribution in [0.4, 0.5) is 0 Å². The molecule has 1 heterocycles. The number of aromatic nitrogens is 2. The summed E-state index contributed by atoms with van der Waals surface area (Å²) in [4.78, 5) is 28.4. The summed E-state index contributed by atoms with van der Waals surface area (Å²) in [5.74, 6) is -0.0460. The van der Waals surface area contributed by atoms with Crippen LogP contribution in [0.5, 0.6) is 0 Å². The van der Waals surface area contributed by atoms with E-state index >= 15 is 0 Å². The predicted octanol–water partition coefficient (Wildman–Crippen LogP) is 4.32. The van der Waals surface area contributed by atoms with E-state index in [0.29, 0.717) is 12.5 Å². The molecule has 0 aliphatic heterocycles. The number of nitrogens with one attached hydrogen (secondary N) is 1. The molecule has 160 valence electrons. The quantitative estimate of drug-likeness (QED) is 0.573.